The van der Waals surface area contributed by atoms with E-state index in [-0.39, 0.29) is 41.5 Å². The van der Waals surface area contributed by atoms with Crippen LogP contribution in [0.4, 0.5) is 4.39 Å². The summed E-state index contributed by atoms with van der Waals surface area (Å²) in [5.41, 5.74) is -2.45. The molecule has 3 saturated carbocycles. The summed E-state index contributed by atoms with van der Waals surface area (Å²) in [4.78, 5) is 24.5. The highest BCUT2D eigenvalue weighted by atomic mass is 19.1. The number of alkyl halides is 1. The van der Waals surface area contributed by atoms with Crippen molar-refractivity contribution in [3.05, 3.63) is 23.8 Å². The van der Waals surface area contributed by atoms with Crippen LogP contribution < -0.4 is 0 Å². The number of hydrogen-bond acceptors (Lipinski definition) is 4. The van der Waals surface area contributed by atoms with Gasteiger partial charge in [0.25, 0.3) is 0 Å². The SMILES string of the molecule is CCCC(C)(O)CC(=O)O[C@@H]1CC[C@H]2[C@@H]3CCC4=CC(=O)C=C[C@]4(C)[C@@]3(F)CC[C@]12C. The van der Waals surface area contributed by atoms with Crippen molar-refractivity contribution < 1.29 is 23.8 Å². The fourth-order valence-corrected chi connectivity index (χ4v) is 7.37. The first-order chi connectivity index (χ1) is 14.5. The van der Waals surface area contributed by atoms with Gasteiger partial charge in [0.05, 0.1) is 12.0 Å². The molecule has 0 amide bonds. The van der Waals surface area contributed by atoms with E-state index in [9.17, 15) is 14.7 Å². The second-order valence-electron chi connectivity index (χ2n) is 11.2. The molecule has 4 aliphatic carbocycles. The Hall–Kier alpha value is -1.49. The van der Waals surface area contributed by atoms with Crippen molar-refractivity contribution in [3.8, 4) is 0 Å². The summed E-state index contributed by atoms with van der Waals surface area (Å²) < 4.78 is 22.8. The monoisotopic (exact) mass is 432 g/mol. The number of aliphatic hydroxyl groups is 1. The van der Waals surface area contributed by atoms with Crippen molar-refractivity contribution in [2.75, 3.05) is 0 Å². The maximum Gasteiger partial charge on any atom is 0.308 e. The van der Waals surface area contributed by atoms with E-state index in [1.54, 1.807) is 13.0 Å². The highest BCUT2D eigenvalue weighted by molar-refractivity contribution is 6.01. The molecule has 4 aliphatic rings. The Morgan fingerprint density at radius 1 is 1.26 bits per heavy atom. The maximum atomic E-state index is 16.8. The Morgan fingerprint density at radius 2 is 2.00 bits per heavy atom. The second-order valence-corrected chi connectivity index (χ2v) is 11.2. The average molecular weight is 433 g/mol. The van der Waals surface area contributed by atoms with Crippen LogP contribution in [0.3, 0.4) is 0 Å². The molecule has 0 bridgehead atoms. The molecule has 0 radical (unpaired) electrons. The summed E-state index contributed by atoms with van der Waals surface area (Å²) in [5.74, 6) is -0.332. The van der Waals surface area contributed by atoms with E-state index in [1.807, 2.05) is 19.9 Å². The van der Waals surface area contributed by atoms with Crippen LogP contribution in [0.1, 0.15) is 85.5 Å². The zero-order valence-corrected chi connectivity index (χ0v) is 19.4. The summed E-state index contributed by atoms with van der Waals surface area (Å²) in [5, 5.41) is 10.4. The van der Waals surface area contributed by atoms with Crippen LogP contribution in [0.5, 0.6) is 0 Å². The molecule has 31 heavy (non-hydrogen) atoms. The van der Waals surface area contributed by atoms with Gasteiger partial charge in [-0.25, -0.2) is 4.39 Å². The fourth-order valence-electron chi connectivity index (χ4n) is 7.37. The third kappa shape index (κ3) is 3.51. The lowest BCUT2D eigenvalue weighted by molar-refractivity contribution is -0.171. The number of ether oxygens (including phenoxy) is 1. The number of carbonyl (C=O) groups excluding carboxylic acids is 2. The average Bonchev–Trinajstić information content (AvgIpc) is 2.99. The van der Waals surface area contributed by atoms with Crippen molar-refractivity contribution in [2.45, 2.75) is 103 Å². The summed E-state index contributed by atoms with van der Waals surface area (Å²) in [6.07, 6.45) is 10.3. The van der Waals surface area contributed by atoms with Gasteiger partial charge in [-0.3, -0.25) is 9.59 Å². The lowest BCUT2D eigenvalue weighted by atomic mass is 9.47. The maximum absolute atomic E-state index is 16.8. The van der Waals surface area contributed by atoms with Crippen molar-refractivity contribution in [1.82, 2.24) is 0 Å². The van der Waals surface area contributed by atoms with Crippen LogP contribution in [-0.4, -0.2) is 34.2 Å². The molecule has 5 heteroatoms. The molecule has 0 aliphatic heterocycles. The smallest absolute Gasteiger partial charge is 0.308 e. The Labute approximate surface area is 185 Å². The van der Waals surface area contributed by atoms with Gasteiger partial charge in [0, 0.05) is 10.8 Å². The zero-order valence-electron chi connectivity index (χ0n) is 19.4. The fraction of sp³-hybridized carbons (Fsp3) is 0.769. The molecular weight excluding hydrogens is 395 g/mol. The molecule has 1 unspecified atom stereocenters. The predicted octanol–water partition coefficient (Wildman–Crippen LogP) is 5.24. The topological polar surface area (TPSA) is 63.6 Å². The molecule has 172 valence electrons. The van der Waals surface area contributed by atoms with Crippen molar-refractivity contribution in [2.24, 2.45) is 22.7 Å². The summed E-state index contributed by atoms with van der Waals surface area (Å²) in [7, 11) is 0. The minimum atomic E-state index is -1.37. The highest BCUT2D eigenvalue weighted by Crippen LogP contribution is 2.68. The van der Waals surface area contributed by atoms with E-state index in [2.05, 4.69) is 6.92 Å². The van der Waals surface area contributed by atoms with Crippen LogP contribution in [0.15, 0.2) is 23.8 Å². The lowest BCUT2D eigenvalue weighted by Crippen LogP contribution is -2.60. The van der Waals surface area contributed by atoms with E-state index >= 15 is 4.39 Å². The largest absolute Gasteiger partial charge is 0.462 e. The Bertz CT molecular complexity index is 829. The van der Waals surface area contributed by atoms with E-state index in [1.165, 1.54) is 6.08 Å². The molecule has 0 spiro atoms. The first-order valence-corrected chi connectivity index (χ1v) is 12.0. The van der Waals surface area contributed by atoms with Gasteiger partial charge in [0.1, 0.15) is 11.8 Å². The molecule has 3 fully saturated rings. The van der Waals surface area contributed by atoms with Crippen molar-refractivity contribution >= 4 is 11.8 Å². The number of fused-ring (bicyclic) bond motifs is 5. The van der Waals surface area contributed by atoms with E-state index < -0.39 is 16.7 Å². The third-order valence-electron chi connectivity index (χ3n) is 9.16. The van der Waals surface area contributed by atoms with E-state index in [0.29, 0.717) is 19.3 Å². The highest BCUT2D eigenvalue weighted by Gasteiger charge is 2.67. The van der Waals surface area contributed by atoms with Gasteiger partial charge in [0.2, 0.25) is 0 Å². The van der Waals surface area contributed by atoms with Gasteiger partial charge >= 0.3 is 5.97 Å². The minimum absolute atomic E-state index is 0.000384. The van der Waals surface area contributed by atoms with E-state index in [4.69, 9.17) is 4.74 Å². The lowest BCUT2D eigenvalue weighted by Gasteiger charge is -2.60. The van der Waals surface area contributed by atoms with Gasteiger partial charge in [-0.05, 0) is 82.8 Å². The molecule has 0 saturated heterocycles. The summed E-state index contributed by atoms with van der Waals surface area (Å²) in [6, 6.07) is 0. The van der Waals surface area contributed by atoms with Gasteiger partial charge in [-0.15, -0.1) is 0 Å². The molecule has 0 heterocycles. The molecule has 4 rings (SSSR count). The summed E-state index contributed by atoms with van der Waals surface area (Å²) >= 11 is 0. The number of ketones is 1. The van der Waals surface area contributed by atoms with Gasteiger partial charge in [-0.2, -0.15) is 0 Å². The van der Waals surface area contributed by atoms with Crippen LogP contribution in [-0.2, 0) is 14.3 Å². The van der Waals surface area contributed by atoms with Crippen LogP contribution in [0.25, 0.3) is 0 Å². The summed E-state index contributed by atoms with van der Waals surface area (Å²) in [6.45, 7) is 7.79. The Kier molecular flexibility index (Phi) is 5.52. The van der Waals surface area contributed by atoms with Gasteiger partial charge < -0.3 is 9.84 Å². The molecule has 0 aromatic heterocycles. The molecule has 1 N–H and O–H groups in total. The molecule has 0 aromatic carbocycles. The molecule has 4 nitrogen and oxygen atoms in total. The second kappa shape index (κ2) is 7.54. The Balaban J connectivity index is 1.53. The first-order valence-electron chi connectivity index (χ1n) is 12.0. The normalized spacial score (nSPS) is 43.4. The zero-order chi connectivity index (χ0) is 22.7. The standard InChI is InChI=1S/C26H37FO4/c1-5-11-23(2,30)16-22(29)31-21-9-8-19-20-7-6-17-15-18(28)10-12-25(17,4)26(20,27)14-13-24(19,21)3/h10,12,15,19-21,30H,5-9,11,13-14,16H2,1-4H3/t19-,20-,21+,23?,24-,25-,26+/m0/s1. The number of rotatable bonds is 5. The van der Waals surface area contributed by atoms with Gasteiger partial charge in [0.15, 0.2) is 5.78 Å². The number of halogens is 1. The van der Waals surface area contributed by atoms with Crippen molar-refractivity contribution in [3.63, 3.8) is 0 Å². The number of allylic oxidation sites excluding steroid dienone is 4. The minimum Gasteiger partial charge on any atom is -0.462 e. The van der Waals surface area contributed by atoms with Gasteiger partial charge in [-0.1, -0.05) is 31.9 Å². The van der Waals surface area contributed by atoms with E-state index in [0.717, 1.165) is 37.7 Å². The first kappa shape index (κ1) is 22.7. The predicted molar refractivity (Wildman–Crippen MR) is 117 cm³/mol. The Morgan fingerprint density at radius 3 is 2.71 bits per heavy atom. The van der Waals surface area contributed by atoms with Crippen LogP contribution in [0.2, 0.25) is 0 Å². The number of carbonyl (C=O) groups is 2. The third-order valence-corrected chi connectivity index (χ3v) is 9.16. The number of esters is 1. The van der Waals surface area contributed by atoms with Crippen LogP contribution >= 0.6 is 0 Å². The molecule has 7 atom stereocenters. The molecule has 0 aromatic rings. The van der Waals surface area contributed by atoms with Crippen molar-refractivity contribution in [1.29, 1.82) is 0 Å². The quantitative estimate of drug-likeness (QED) is 0.604. The van der Waals surface area contributed by atoms with Crippen LogP contribution in [0, 0.1) is 22.7 Å². The molecular formula is C26H37FO4. The number of hydrogen-bond donors (Lipinski definition) is 1.